The number of hydrogen-bond donors (Lipinski definition) is 1. The summed E-state index contributed by atoms with van der Waals surface area (Å²) in [5.74, 6) is 0.148. The molecule has 1 aromatic rings. The van der Waals surface area contributed by atoms with Gasteiger partial charge in [0.1, 0.15) is 11.9 Å². The Kier molecular flexibility index (Phi) is 4.23. The van der Waals surface area contributed by atoms with Gasteiger partial charge in [-0.05, 0) is 42.9 Å². The molecule has 0 unspecified atom stereocenters. The largest absolute Gasteiger partial charge is 0.485 e. The van der Waals surface area contributed by atoms with E-state index < -0.39 is 0 Å². The van der Waals surface area contributed by atoms with Crippen LogP contribution in [0.15, 0.2) is 40.8 Å². The van der Waals surface area contributed by atoms with Gasteiger partial charge in [-0.15, -0.1) is 0 Å². The standard InChI is InChI=1S/C16H14N2O3S2/c1-9-12(7-11-5-3-4-6-13(11)21-9)8-14-15(20)18(16(22)23-14)17-10(2)19/h3-9H,1-2H3,(H,17,19)/b14-8+/t9-/m0/s1. The van der Waals surface area contributed by atoms with Crippen LogP contribution in [0.3, 0.4) is 0 Å². The maximum absolute atomic E-state index is 12.3. The highest BCUT2D eigenvalue weighted by molar-refractivity contribution is 8.26. The lowest BCUT2D eigenvalue weighted by Gasteiger charge is -2.23. The molecule has 0 bridgehead atoms. The molecule has 1 atom stereocenters. The van der Waals surface area contributed by atoms with Gasteiger partial charge in [0.25, 0.3) is 5.91 Å². The first-order valence-electron chi connectivity index (χ1n) is 6.98. The number of hydrogen-bond acceptors (Lipinski definition) is 5. The third-order valence-corrected chi connectivity index (χ3v) is 4.68. The van der Waals surface area contributed by atoms with Gasteiger partial charge in [-0.1, -0.05) is 30.0 Å². The number of nitrogens with one attached hydrogen (secondary N) is 1. The fourth-order valence-electron chi connectivity index (χ4n) is 2.29. The molecule has 2 amide bonds. The molecule has 0 aromatic heterocycles. The minimum Gasteiger partial charge on any atom is -0.485 e. The summed E-state index contributed by atoms with van der Waals surface area (Å²) in [5, 5.41) is 1.09. The zero-order valence-electron chi connectivity index (χ0n) is 12.5. The number of hydrazine groups is 1. The first kappa shape index (κ1) is 15.8. The SMILES string of the molecule is CC(=O)NN1C(=O)/C(=C\C2=Cc3ccccc3O[C@H]2C)SC1=S. The number of fused-ring (bicyclic) bond motifs is 1. The number of carbonyl (C=O) groups excluding carboxylic acids is 2. The number of rotatable bonds is 2. The van der Waals surface area contributed by atoms with Gasteiger partial charge in [0.2, 0.25) is 5.91 Å². The van der Waals surface area contributed by atoms with Gasteiger partial charge in [0.05, 0.1) is 4.91 Å². The van der Waals surface area contributed by atoms with E-state index in [9.17, 15) is 9.59 Å². The second kappa shape index (κ2) is 6.17. The molecule has 23 heavy (non-hydrogen) atoms. The molecule has 1 saturated heterocycles. The summed E-state index contributed by atoms with van der Waals surface area (Å²) in [5.41, 5.74) is 4.27. The number of para-hydroxylation sites is 1. The average molecular weight is 346 g/mol. The molecule has 1 N–H and O–H groups in total. The molecule has 0 spiro atoms. The summed E-state index contributed by atoms with van der Waals surface area (Å²) in [6.45, 7) is 3.26. The summed E-state index contributed by atoms with van der Waals surface area (Å²) in [6, 6.07) is 7.72. The van der Waals surface area contributed by atoms with Crippen molar-refractivity contribution in [2.75, 3.05) is 0 Å². The molecule has 0 saturated carbocycles. The Morgan fingerprint density at radius 1 is 1.43 bits per heavy atom. The fraction of sp³-hybridized carbons (Fsp3) is 0.188. The van der Waals surface area contributed by atoms with Crippen molar-refractivity contribution < 1.29 is 14.3 Å². The van der Waals surface area contributed by atoms with E-state index in [1.807, 2.05) is 37.3 Å². The van der Waals surface area contributed by atoms with Crippen LogP contribution in [0.5, 0.6) is 5.75 Å². The van der Waals surface area contributed by atoms with Crippen LogP contribution in [0, 0.1) is 0 Å². The number of benzene rings is 1. The molecule has 0 radical (unpaired) electrons. The summed E-state index contributed by atoms with van der Waals surface area (Å²) in [7, 11) is 0. The summed E-state index contributed by atoms with van der Waals surface area (Å²) < 4.78 is 6.17. The summed E-state index contributed by atoms with van der Waals surface area (Å²) in [4.78, 5) is 24.0. The van der Waals surface area contributed by atoms with E-state index in [1.165, 1.54) is 6.92 Å². The van der Waals surface area contributed by atoms with Crippen molar-refractivity contribution in [2.24, 2.45) is 0 Å². The minimum absolute atomic E-state index is 0.172. The third kappa shape index (κ3) is 3.16. The molecular weight excluding hydrogens is 332 g/mol. The Morgan fingerprint density at radius 2 is 2.17 bits per heavy atom. The van der Waals surface area contributed by atoms with Gasteiger partial charge in [-0.3, -0.25) is 15.0 Å². The predicted octanol–water partition coefficient (Wildman–Crippen LogP) is 2.65. The molecule has 2 heterocycles. The highest BCUT2D eigenvalue weighted by Crippen LogP contribution is 2.34. The normalized spacial score (nSPS) is 21.8. The van der Waals surface area contributed by atoms with Crippen molar-refractivity contribution in [3.63, 3.8) is 0 Å². The molecule has 2 aliphatic rings. The molecule has 1 aromatic carbocycles. The summed E-state index contributed by atoms with van der Waals surface area (Å²) in [6.07, 6.45) is 3.59. The van der Waals surface area contributed by atoms with Crippen LogP contribution in [0.1, 0.15) is 19.4 Å². The molecule has 3 rings (SSSR count). The lowest BCUT2D eigenvalue weighted by molar-refractivity contribution is -0.132. The quantitative estimate of drug-likeness (QED) is 0.659. The van der Waals surface area contributed by atoms with Crippen molar-refractivity contribution in [1.29, 1.82) is 0 Å². The second-order valence-corrected chi connectivity index (χ2v) is 6.80. The van der Waals surface area contributed by atoms with E-state index in [-0.39, 0.29) is 17.9 Å². The monoisotopic (exact) mass is 346 g/mol. The maximum Gasteiger partial charge on any atom is 0.285 e. The van der Waals surface area contributed by atoms with Gasteiger partial charge in [0.15, 0.2) is 4.32 Å². The molecule has 118 valence electrons. The lowest BCUT2D eigenvalue weighted by atomic mass is 10.0. The lowest BCUT2D eigenvalue weighted by Crippen LogP contribution is -2.43. The minimum atomic E-state index is -0.343. The number of amides is 2. The fourth-order valence-corrected chi connectivity index (χ4v) is 3.47. The van der Waals surface area contributed by atoms with Crippen molar-refractivity contribution in [1.82, 2.24) is 10.4 Å². The molecule has 5 nitrogen and oxygen atoms in total. The topological polar surface area (TPSA) is 58.6 Å². The van der Waals surface area contributed by atoms with Crippen molar-refractivity contribution in [3.05, 3.63) is 46.4 Å². The zero-order chi connectivity index (χ0) is 16.6. The van der Waals surface area contributed by atoms with Gasteiger partial charge >= 0.3 is 0 Å². The number of ether oxygens (including phenoxy) is 1. The van der Waals surface area contributed by atoms with Gasteiger partial charge in [-0.25, -0.2) is 0 Å². The number of thioether (sulfide) groups is 1. The predicted molar refractivity (Wildman–Crippen MR) is 93.4 cm³/mol. The number of thiocarbonyl (C=S) groups is 1. The van der Waals surface area contributed by atoms with Crippen LogP contribution in [0.2, 0.25) is 0 Å². The van der Waals surface area contributed by atoms with Crippen LogP contribution in [-0.2, 0) is 9.59 Å². The molecule has 1 fully saturated rings. The van der Waals surface area contributed by atoms with Crippen LogP contribution in [0.4, 0.5) is 0 Å². The smallest absolute Gasteiger partial charge is 0.285 e. The van der Waals surface area contributed by atoms with Crippen molar-refractivity contribution in [3.8, 4) is 5.75 Å². The average Bonchev–Trinajstić information content (AvgIpc) is 2.75. The number of carbonyl (C=O) groups is 2. The Labute approximate surface area is 143 Å². The van der Waals surface area contributed by atoms with E-state index in [1.54, 1.807) is 6.08 Å². The maximum atomic E-state index is 12.3. The van der Waals surface area contributed by atoms with Crippen molar-refractivity contribution in [2.45, 2.75) is 20.0 Å². The van der Waals surface area contributed by atoms with E-state index >= 15 is 0 Å². The van der Waals surface area contributed by atoms with E-state index in [4.69, 9.17) is 17.0 Å². The molecule has 7 heteroatoms. The molecule has 2 aliphatic heterocycles. The van der Waals surface area contributed by atoms with Gasteiger partial charge in [0, 0.05) is 12.5 Å². The van der Waals surface area contributed by atoms with Crippen LogP contribution in [0.25, 0.3) is 6.08 Å². The van der Waals surface area contributed by atoms with Crippen LogP contribution in [-0.4, -0.2) is 27.2 Å². The van der Waals surface area contributed by atoms with Gasteiger partial charge in [-0.2, -0.15) is 5.01 Å². The zero-order valence-corrected chi connectivity index (χ0v) is 14.2. The molecule has 0 aliphatic carbocycles. The van der Waals surface area contributed by atoms with Crippen LogP contribution < -0.4 is 10.2 Å². The van der Waals surface area contributed by atoms with Crippen LogP contribution >= 0.6 is 24.0 Å². The Balaban J connectivity index is 1.90. The van der Waals surface area contributed by atoms with E-state index in [0.29, 0.717) is 9.23 Å². The van der Waals surface area contributed by atoms with E-state index in [2.05, 4.69) is 5.43 Å². The highest BCUT2D eigenvalue weighted by Gasteiger charge is 2.33. The Bertz CT molecular complexity index is 770. The summed E-state index contributed by atoms with van der Waals surface area (Å²) >= 11 is 6.29. The first-order valence-corrected chi connectivity index (χ1v) is 8.20. The highest BCUT2D eigenvalue weighted by atomic mass is 32.2. The third-order valence-electron chi connectivity index (χ3n) is 3.38. The molecular formula is C16H14N2O3S2. The second-order valence-electron chi connectivity index (χ2n) is 5.13. The van der Waals surface area contributed by atoms with Gasteiger partial charge < -0.3 is 4.74 Å². The van der Waals surface area contributed by atoms with Crippen molar-refractivity contribution >= 4 is 46.2 Å². The Hall–Kier alpha value is -2.12. The van der Waals surface area contributed by atoms with E-state index in [0.717, 1.165) is 33.7 Å². The Morgan fingerprint density at radius 3 is 2.91 bits per heavy atom. The number of nitrogens with zero attached hydrogens (tertiary/aromatic N) is 1. The first-order chi connectivity index (χ1) is 11.0.